The maximum Gasteiger partial charge on any atom is 0.413 e. The number of ether oxygens (including phenoxy) is 5. The Hall–Kier alpha value is -2.78. The van der Waals surface area contributed by atoms with Crippen molar-refractivity contribution in [3.63, 3.8) is 0 Å². The summed E-state index contributed by atoms with van der Waals surface area (Å²) in [6.07, 6.45) is 1.82. The molecule has 14 nitrogen and oxygen atoms in total. The fourth-order valence-electron chi connectivity index (χ4n) is 5.93. The van der Waals surface area contributed by atoms with Crippen LogP contribution in [0.2, 0.25) is 0 Å². The van der Waals surface area contributed by atoms with Crippen LogP contribution in [0.1, 0.15) is 53.9 Å². The molecule has 1 spiro atoms. The lowest BCUT2D eigenvalue weighted by Crippen LogP contribution is -2.56. The third-order valence-electron chi connectivity index (χ3n) is 8.65. The fraction of sp³-hybridized carbons (Fsp3) is 0.800. The minimum Gasteiger partial charge on any atom is -0.447 e. The minimum atomic E-state index is -0.926. The Bertz CT molecular complexity index is 1060. The maximum absolute atomic E-state index is 13.1. The first-order chi connectivity index (χ1) is 20.7. The number of likely N-dealkylation sites (N-methyl/N-ethyl adjacent to an activating group) is 1. The van der Waals surface area contributed by atoms with E-state index in [-0.39, 0.29) is 49.1 Å². The van der Waals surface area contributed by atoms with Crippen LogP contribution in [0.4, 0.5) is 9.59 Å². The molecule has 5 N–H and O–H groups in total. The summed E-state index contributed by atoms with van der Waals surface area (Å²) in [6, 6.07) is -0.562. The Labute approximate surface area is 260 Å². The van der Waals surface area contributed by atoms with E-state index in [1.807, 2.05) is 13.8 Å². The lowest BCUT2D eigenvalue weighted by molar-refractivity contribution is -0.121. The first-order valence-corrected chi connectivity index (χ1v) is 15.3. The van der Waals surface area contributed by atoms with E-state index in [0.717, 1.165) is 12.8 Å². The molecular weight excluding hydrogens is 574 g/mol. The van der Waals surface area contributed by atoms with Crippen molar-refractivity contribution < 1.29 is 42.9 Å². The number of nitrogens with one attached hydrogen (secondary N) is 3. The summed E-state index contributed by atoms with van der Waals surface area (Å²) < 4.78 is 29.3. The van der Waals surface area contributed by atoms with Gasteiger partial charge in [0, 0.05) is 20.2 Å². The first-order valence-electron chi connectivity index (χ1n) is 15.3. The van der Waals surface area contributed by atoms with Gasteiger partial charge in [-0.3, -0.25) is 19.8 Å². The average molecular weight is 626 g/mol. The van der Waals surface area contributed by atoms with E-state index in [0.29, 0.717) is 26.1 Å². The fourth-order valence-corrected chi connectivity index (χ4v) is 5.93. The molecule has 4 unspecified atom stereocenters. The number of methoxy groups -OCH3 is 1. The number of hydrogen-bond acceptors (Lipinski definition) is 11. The number of nitrogens with zero attached hydrogens (tertiary/aromatic N) is 1. The van der Waals surface area contributed by atoms with Gasteiger partial charge in [0.2, 0.25) is 11.8 Å². The van der Waals surface area contributed by atoms with E-state index in [1.54, 1.807) is 19.1 Å². The van der Waals surface area contributed by atoms with Gasteiger partial charge in [0.1, 0.15) is 30.0 Å². The van der Waals surface area contributed by atoms with Gasteiger partial charge in [0.15, 0.2) is 0 Å². The van der Waals surface area contributed by atoms with E-state index in [1.165, 1.54) is 5.57 Å². The molecule has 2 aliphatic heterocycles. The quantitative estimate of drug-likeness (QED) is 0.151. The van der Waals surface area contributed by atoms with E-state index >= 15 is 0 Å². The van der Waals surface area contributed by atoms with Crippen LogP contribution in [-0.4, -0.2) is 118 Å². The summed E-state index contributed by atoms with van der Waals surface area (Å²) in [5.74, 6) is -1.06. The molecular formula is C30H51N5O9. The van der Waals surface area contributed by atoms with Crippen LogP contribution in [0.5, 0.6) is 0 Å². The number of rotatable bonds is 15. The highest BCUT2D eigenvalue weighted by Crippen LogP contribution is 2.59. The number of hydrogen-bond donors (Lipinski definition) is 4. The predicted octanol–water partition coefficient (Wildman–Crippen LogP) is 1.07. The van der Waals surface area contributed by atoms with Gasteiger partial charge >= 0.3 is 12.2 Å². The second-order valence-electron chi connectivity index (χ2n) is 12.8. The number of carbonyl (C=O) groups is 4. The summed E-state index contributed by atoms with van der Waals surface area (Å²) in [6.45, 7) is 10.9. The van der Waals surface area contributed by atoms with Crippen LogP contribution >= 0.6 is 0 Å². The monoisotopic (exact) mass is 625 g/mol. The van der Waals surface area contributed by atoms with E-state index in [4.69, 9.17) is 29.4 Å². The van der Waals surface area contributed by atoms with Gasteiger partial charge in [-0.1, -0.05) is 25.5 Å². The second kappa shape index (κ2) is 15.5. The van der Waals surface area contributed by atoms with Gasteiger partial charge < -0.3 is 40.1 Å². The Morgan fingerprint density at radius 2 is 1.86 bits per heavy atom. The number of nitrogens with two attached hydrogens (primary N) is 1. The molecule has 1 aliphatic carbocycles. The van der Waals surface area contributed by atoms with Crippen LogP contribution in [0, 0.1) is 11.8 Å². The number of imide groups is 1. The lowest BCUT2D eigenvalue weighted by Gasteiger charge is -2.42. The highest BCUT2D eigenvalue weighted by Gasteiger charge is 2.72. The zero-order valence-corrected chi connectivity index (χ0v) is 27.1. The van der Waals surface area contributed by atoms with E-state index in [2.05, 4.69) is 42.8 Å². The van der Waals surface area contributed by atoms with Crippen LogP contribution in [0.25, 0.3) is 0 Å². The number of allylic oxidation sites excluding steroid dienone is 1. The molecule has 250 valence electrons. The van der Waals surface area contributed by atoms with E-state index in [9.17, 15) is 19.2 Å². The maximum atomic E-state index is 13.1. The van der Waals surface area contributed by atoms with Crippen molar-refractivity contribution in [2.75, 3.05) is 53.6 Å². The number of epoxide rings is 2. The molecule has 14 heteroatoms. The highest BCUT2D eigenvalue weighted by molar-refractivity contribution is 5.92. The summed E-state index contributed by atoms with van der Waals surface area (Å²) in [5.41, 5.74) is 5.69. The number of amides is 4. The Morgan fingerprint density at radius 3 is 2.45 bits per heavy atom. The van der Waals surface area contributed by atoms with Gasteiger partial charge in [-0.25, -0.2) is 9.59 Å². The van der Waals surface area contributed by atoms with Crippen molar-refractivity contribution in [2.45, 2.75) is 89.4 Å². The molecule has 0 bridgehead atoms. The van der Waals surface area contributed by atoms with Gasteiger partial charge in [0.05, 0.1) is 37.8 Å². The van der Waals surface area contributed by atoms with Crippen LogP contribution in [0.3, 0.4) is 0 Å². The minimum absolute atomic E-state index is 0.0404. The molecule has 3 fully saturated rings. The van der Waals surface area contributed by atoms with Crippen LogP contribution in [0.15, 0.2) is 11.6 Å². The summed E-state index contributed by atoms with van der Waals surface area (Å²) in [4.78, 5) is 50.4. The third-order valence-corrected chi connectivity index (χ3v) is 8.65. The zero-order chi connectivity index (χ0) is 32.7. The Morgan fingerprint density at radius 1 is 1.16 bits per heavy atom. The third kappa shape index (κ3) is 9.61. The molecule has 7 atom stereocenters. The SMILES string of the molecule is COC1C(OC(=O)N[C@@H](COC(=O)NC(=O)CN(C)CCNC(=O)CN)C(C)C)CC[C@]2(CO2)C1C1(C)O[C@@H]1CC=C(C)C. The van der Waals surface area contributed by atoms with Crippen molar-refractivity contribution in [3.8, 4) is 0 Å². The Kier molecular flexibility index (Phi) is 12.6. The molecule has 2 saturated heterocycles. The number of carbonyl (C=O) groups excluding carboxylic acids is 4. The second-order valence-corrected chi connectivity index (χ2v) is 12.8. The van der Waals surface area contributed by atoms with E-state index < -0.39 is 41.9 Å². The lowest BCUT2D eigenvalue weighted by atomic mass is 9.68. The van der Waals surface area contributed by atoms with Crippen LogP contribution < -0.4 is 21.7 Å². The van der Waals surface area contributed by atoms with Crippen molar-refractivity contribution in [1.29, 1.82) is 0 Å². The molecule has 44 heavy (non-hydrogen) atoms. The normalized spacial score (nSPS) is 29.5. The molecule has 0 aromatic rings. The van der Waals surface area contributed by atoms with Gasteiger partial charge in [0.25, 0.3) is 0 Å². The van der Waals surface area contributed by atoms with Crippen molar-refractivity contribution in [2.24, 2.45) is 17.6 Å². The molecule has 1 saturated carbocycles. The number of alkyl carbamates (subject to hydrolysis) is 2. The first kappa shape index (κ1) is 35.7. The summed E-state index contributed by atoms with van der Waals surface area (Å²) >= 11 is 0. The molecule has 3 rings (SSSR count). The highest BCUT2D eigenvalue weighted by atomic mass is 16.6. The largest absolute Gasteiger partial charge is 0.447 e. The van der Waals surface area contributed by atoms with Crippen molar-refractivity contribution in [3.05, 3.63) is 11.6 Å². The van der Waals surface area contributed by atoms with Crippen LogP contribution in [-0.2, 0) is 33.3 Å². The molecule has 3 aliphatic rings. The molecule has 0 aromatic carbocycles. The van der Waals surface area contributed by atoms with Crippen molar-refractivity contribution in [1.82, 2.24) is 20.9 Å². The zero-order valence-electron chi connectivity index (χ0n) is 27.1. The molecule has 0 radical (unpaired) electrons. The molecule has 4 amide bonds. The standard InChI is InChI=1S/C30H51N5O9/c1-18(2)8-9-22-29(5,44-22)26-25(40-7)21(10-11-30(26)17-42-30)43-28(39)33-20(19(3)4)16-41-27(38)34-24(37)15-35(6)13-12-32-23(36)14-31/h8,19-22,25-26H,9-17,31H2,1-7H3,(H,32,36)(H,33,39)(H,34,37,38)/t20-,21?,22+,25?,26?,29?,30-/m0/s1. The predicted molar refractivity (Wildman–Crippen MR) is 161 cm³/mol. The smallest absolute Gasteiger partial charge is 0.413 e. The van der Waals surface area contributed by atoms with Crippen molar-refractivity contribution >= 4 is 24.0 Å². The topological polar surface area (TPSA) is 186 Å². The Balaban J connectivity index is 1.48. The summed E-state index contributed by atoms with van der Waals surface area (Å²) in [5, 5.41) is 7.57. The van der Waals surface area contributed by atoms with Gasteiger partial charge in [-0.15, -0.1) is 0 Å². The summed E-state index contributed by atoms with van der Waals surface area (Å²) in [7, 11) is 3.29. The molecule has 2 heterocycles. The average Bonchev–Trinajstić information content (AvgIpc) is 3.86. The molecule has 0 aromatic heterocycles. The van der Waals surface area contributed by atoms with Gasteiger partial charge in [-0.2, -0.15) is 0 Å². The van der Waals surface area contributed by atoms with Gasteiger partial charge in [-0.05, 0) is 53.0 Å².